The van der Waals surface area contributed by atoms with Crippen molar-refractivity contribution >= 4 is 39.1 Å². The van der Waals surface area contributed by atoms with E-state index in [-0.39, 0.29) is 33.0 Å². The van der Waals surface area contributed by atoms with Crippen LogP contribution in [0.3, 0.4) is 0 Å². The number of hydrogen-bond acceptors (Lipinski definition) is 3. The molecular formula is C13H14BrClN2O3. The first kappa shape index (κ1) is 15.3. The third kappa shape index (κ3) is 3.70. The fourth-order valence-corrected chi connectivity index (χ4v) is 3.26. The number of alkyl halides is 1. The predicted octanol–water partition coefficient (Wildman–Crippen LogP) is 3.68. The van der Waals surface area contributed by atoms with Crippen LogP contribution < -0.4 is 5.32 Å². The van der Waals surface area contributed by atoms with Crippen molar-refractivity contribution in [1.29, 1.82) is 0 Å². The molecule has 20 heavy (non-hydrogen) atoms. The first-order chi connectivity index (χ1) is 9.47. The smallest absolute Gasteiger partial charge is 0.271 e. The Kier molecular flexibility index (Phi) is 4.99. The van der Waals surface area contributed by atoms with Crippen molar-refractivity contribution in [2.75, 3.05) is 0 Å². The van der Waals surface area contributed by atoms with Gasteiger partial charge >= 0.3 is 0 Å². The molecule has 0 radical (unpaired) electrons. The summed E-state index contributed by atoms with van der Waals surface area (Å²) >= 11 is 9.37. The number of amides is 1. The summed E-state index contributed by atoms with van der Waals surface area (Å²) < 4.78 is 0. The Hall–Kier alpha value is -1.14. The van der Waals surface area contributed by atoms with E-state index in [0.29, 0.717) is 0 Å². The van der Waals surface area contributed by atoms with Gasteiger partial charge < -0.3 is 5.32 Å². The lowest BCUT2D eigenvalue weighted by molar-refractivity contribution is -0.384. The lowest BCUT2D eigenvalue weighted by Gasteiger charge is -2.28. The minimum atomic E-state index is -0.559. The van der Waals surface area contributed by atoms with Gasteiger partial charge in [-0.05, 0) is 18.9 Å². The molecule has 1 amide bonds. The van der Waals surface area contributed by atoms with Gasteiger partial charge in [0.2, 0.25) is 0 Å². The number of non-ortho nitro benzene ring substituents is 1. The molecule has 1 aromatic rings. The lowest BCUT2D eigenvalue weighted by Crippen LogP contribution is -2.42. The molecule has 1 aliphatic rings. The van der Waals surface area contributed by atoms with Crippen LogP contribution in [0.25, 0.3) is 0 Å². The molecule has 0 aromatic heterocycles. The Bertz CT molecular complexity index is 538. The predicted molar refractivity (Wildman–Crippen MR) is 80.5 cm³/mol. The summed E-state index contributed by atoms with van der Waals surface area (Å²) in [7, 11) is 0. The van der Waals surface area contributed by atoms with E-state index >= 15 is 0 Å². The molecule has 1 N–H and O–H groups in total. The van der Waals surface area contributed by atoms with Crippen LogP contribution >= 0.6 is 27.5 Å². The Morgan fingerprint density at radius 1 is 1.35 bits per heavy atom. The maximum Gasteiger partial charge on any atom is 0.271 e. The van der Waals surface area contributed by atoms with Crippen LogP contribution in [-0.2, 0) is 0 Å². The molecule has 2 unspecified atom stereocenters. The van der Waals surface area contributed by atoms with Crippen molar-refractivity contribution < 1.29 is 9.72 Å². The molecule has 1 fully saturated rings. The van der Waals surface area contributed by atoms with E-state index in [1.54, 1.807) is 0 Å². The molecule has 1 saturated carbocycles. The standard InChI is InChI=1S/C13H14BrClN2O3/c14-11-3-1-2-4-12(11)16-13(18)8-5-9(15)7-10(6-8)17(19)20/h5-7,11-12H,1-4H2,(H,16,18). The Morgan fingerprint density at radius 3 is 2.70 bits per heavy atom. The van der Waals surface area contributed by atoms with Crippen LogP contribution in [0.15, 0.2) is 18.2 Å². The van der Waals surface area contributed by atoms with Crippen LogP contribution in [0.1, 0.15) is 36.0 Å². The van der Waals surface area contributed by atoms with E-state index in [1.165, 1.54) is 18.2 Å². The maximum atomic E-state index is 12.2. The highest BCUT2D eigenvalue weighted by Gasteiger charge is 2.25. The average Bonchev–Trinajstić information content (AvgIpc) is 2.40. The number of carbonyl (C=O) groups is 1. The topological polar surface area (TPSA) is 72.2 Å². The molecule has 0 saturated heterocycles. The van der Waals surface area contributed by atoms with Crippen molar-refractivity contribution in [2.24, 2.45) is 0 Å². The van der Waals surface area contributed by atoms with E-state index in [2.05, 4.69) is 21.2 Å². The molecule has 108 valence electrons. The van der Waals surface area contributed by atoms with Gasteiger partial charge in [0, 0.05) is 33.6 Å². The molecule has 7 heteroatoms. The summed E-state index contributed by atoms with van der Waals surface area (Å²) in [6.07, 6.45) is 4.14. The van der Waals surface area contributed by atoms with Gasteiger partial charge in [0.05, 0.1) is 4.92 Å². The van der Waals surface area contributed by atoms with Gasteiger partial charge in [0.25, 0.3) is 11.6 Å². The quantitative estimate of drug-likeness (QED) is 0.507. The molecule has 0 spiro atoms. The van der Waals surface area contributed by atoms with Crippen LogP contribution in [0.2, 0.25) is 5.02 Å². The largest absolute Gasteiger partial charge is 0.348 e. The summed E-state index contributed by atoms with van der Waals surface area (Å²) in [5.74, 6) is -0.327. The summed E-state index contributed by atoms with van der Waals surface area (Å²) in [6.45, 7) is 0. The molecule has 0 bridgehead atoms. The van der Waals surface area contributed by atoms with Crippen LogP contribution in [0, 0.1) is 10.1 Å². The zero-order valence-electron chi connectivity index (χ0n) is 10.6. The number of nitro groups is 1. The lowest BCUT2D eigenvalue weighted by atomic mass is 9.95. The minimum absolute atomic E-state index is 0.0503. The monoisotopic (exact) mass is 360 g/mol. The Balaban J connectivity index is 2.14. The fraction of sp³-hybridized carbons (Fsp3) is 0.462. The average molecular weight is 362 g/mol. The Labute approximate surface area is 130 Å². The number of carbonyl (C=O) groups excluding carboxylic acids is 1. The highest BCUT2D eigenvalue weighted by Crippen LogP contribution is 2.25. The van der Waals surface area contributed by atoms with E-state index in [9.17, 15) is 14.9 Å². The third-order valence-electron chi connectivity index (χ3n) is 3.35. The molecule has 1 aliphatic carbocycles. The number of rotatable bonds is 3. The van der Waals surface area contributed by atoms with Crippen molar-refractivity contribution in [1.82, 2.24) is 5.32 Å². The number of nitro benzene ring substituents is 1. The first-order valence-electron chi connectivity index (χ1n) is 6.37. The van der Waals surface area contributed by atoms with Crippen molar-refractivity contribution in [3.05, 3.63) is 38.9 Å². The number of halogens is 2. The van der Waals surface area contributed by atoms with Gasteiger partial charge in [-0.2, -0.15) is 0 Å². The van der Waals surface area contributed by atoms with Crippen molar-refractivity contribution in [3.8, 4) is 0 Å². The zero-order valence-corrected chi connectivity index (χ0v) is 13.0. The molecule has 0 aliphatic heterocycles. The van der Waals surface area contributed by atoms with Gasteiger partial charge in [-0.25, -0.2) is 0 Å². The van der Waals surface area contributed by atoms with Gasteiger partial charge in [-0.3, -0.25) is 14.9 Å². The van der Waals surface area contributed by atoms with Gasteiger partial charge in [-0.15, -0.1) is 0 Å². The number of nitrogens with zero attached hydrogens (tertiary/aromatic N) is 1. The molecule has 1 aromatic carbocycles. The van der Waals surface area contributed by atoms with Crippen LogP contribution in [-0.4, -0.2) is 21.7 Å². The normalized spacial score (nSPS) is 22.3. The summed E-state index contributed by atoms with van der Waals surface area (Å²) in [5.41, 5.74) is 0.0381. The van der Waals surface area contributed by atoms with E-state index in [1.807, 2.05) is 0 Å². The second kappa shape index (κ2) is 6.54. The molecule has 0 heterocycles. The summed E-state index contributed by atoms with van der Waals surface area (Å²) in [6, 6.07) is 3.96. The van der Waals surface area contributed by atoms with E-state index in [4.69, 9.17) is 11.6 Å². The SMILES string of the molecule is O=C(NC1CCCCC1Br)c1cc(Cl)cc([N+](=O)[O-])c1. The highest BCUT2D eigenvalue weighted by atomic mass is 79.9. The van der Waals surface area contributed by atoms with Gasteiger partial charge in [0.15, 0.2) is 0 Å². The summed E-state index contributed by atoms with van der Waals surface area (Å²) in [5, 5.41) is 13.9. The number of hydrogen-bond donors (Lipinski definition) is 1. The number of nitrogens with one attached hydrogen (secondary N) is 1. The second-order valence-corrected chi connectivity index (χ2v) is 6.45. The second-order valence-electron chi connectivity index (χ2n) is 4.84. The van der Waals surface area contributed by atoms with Gasteiger partial charge in [0.1, 0.15) is 0 Å². The van der Waals surface area contributed by atoms with Crippen molar-refractivity contribution in [2.45, 2.75) is 36.6 Å². The molecular weight excluding hydrogens is 348 g/mol. The summed E-state index contributed by atoms with van der Waals surface area (Å²) in [4.78, 5) is 22.6. The van der Waals surface area contributed by atoms with Gasteiger partial charge in [-0.1, -0.05) is 40.4 Å². The van der Waals surface area contributed by atoms with Crippen molar-refractivity contribution in [3.63, 3.8) is 0 Å². The zero-order chi connectivity index (χ0) is 14.7. The Morgan fingerprint density at radius 2 is 2.05 bits per heavy atom. The molecule has 2 rings (SSSR count). The number of benzene rings is 1. The highest BCUT2D eigenvalue weighted by molar-refractivity contribution is 9.09. The third-order valence-corrected chi connectivity index (χ3v) is 4.67. The fourth-order valence-electron chi connectivity index (χ4n) is 2.31. The minimum Gasteiger partial charge on any atom is -0.348 e. The van der Waals surface area contributed by atoms with E-state index < -0.39 is 4.92 Å². The van der Waals surface area contributed by atoms with Crippen LogP contribution in [0.4, 0.5) is 5.69 Å². The first-order valence-corrected chi connectivity index (χ1v) is 7.66. The maximum absolute atomic E-state index is 12.2. The molecule has 5 nitrogen and oxygen atoms in total. The van der Waals surface area contributed by atoms with E-state index in [0.717, 1.165) is 25.7 Å². The van der Waals surface area contributed by atoms with Crippen LogP contribution in [0.5, 0.6) is 0 Å². The molecule has 2 atom stereocenters.